The number of hydrogen-bond acceptors (Lipinski definition) is 4. The lowest BCUT2D eigenvalue weighted by Gasteiger charge is -2.10. The fourth-order valence-corrected chi connectivity index (χ4v) is 3.08. The largest absolute Gasteiger partial charge is 0.345 e. The molecule has 7 heteroatoms. The van der Waals surface area contributed by atoms with Crippen molar-refractivity contribution in [3.05, 3.63) is 45.4 Å². The van der Waals surface area contributed by atoms with Crippen LogP contribution in [0.3, 0.4) is 0 Å². The van der Waals surface area contributed by atoms with Gasteiger partial charge in [-0.1, -0.05) is 13.8 Å². The molecule has 4 rings (SSSR count). The minimum Gasteiger partial charge on any atom is -0.345 e. The normalized spacial score (nSPS) is 17.1. The van der Waals surface area contributed by atoms with Crippen molar-refractivity contribution < 1.29 is 4.79 Å². The van der Waals surface area contributed by atoms with E-state index in [-0.39, 0.29) is 17.4 Å². The quantitative estimate of drug-likeness (QED) is 0.843. The van der Waals surface area contributed by atoms with Crippen LogP contribution >= 0.6 is 0 Å². The number of amides is 1. The summed E-state index contributed by atoms with van der Waals surface area (Å²) in [5, 5.41) is 11.5. The number of pyridine rings is 1. The fourth-order valence-electron chi connectivity index (χ4n) is 3.08. The van der Waals surface area contributed by atoms with Crippen LogP contribution in [0.1, 0.15) is 85.1 Å². The Balaban J connectivity index is 1.50. The minimum absolute atomic E-state index is 0.152. The van der Waals surface area contributed by atoms with Gasteiger partial charge in [0.25, 0.3) is 5.91 Å². The van der Waals surface area contributed by atoms with Gasteiger partial charge in [0.1, 0.15) is 5.82 Å². The van der Waals surface area contributed by atoms with Crippen molar-refractivity contribution in [1.82, 2.24) is 25.1 Å². The first-order valence-corrected chi connectivity index (χ1v) is 8.99. The Kier molecular flexibility index (Phi) is 3.94. The maximum absolute atomic E-state index is 12.5. The summed E-state index contributed by atoms with van der Waals surface area (Å²) in [5.74, 6) is 2.32. The maximum atomic E-state index is 12.5. The number of hydrogen-bond donors (Lipinski definition) is 2. The maximum Gasteiger partial charge on any atom is 0.251 e. The Labute approximate surface area is 145 Å². The van der Waals surface area contributed by atoms with Crippen molar-refractivity contribution in [2.75, 3.05) is 0 Å². The highest BCUT2D eigenvalue weighted by Gasteiger charge is 2.36. The van der Waals surface area contributed by atoms with Crippen LogP contribution in [0.15, 0.2) is 16.9 Å². The fraction of sp³-hybridized carbons (Fsp3) is 0.556. The molecule has 25 heavy (non-hydrogen) atoms. The topological polar surface area (TPSA) is 92.7 Å². The van der Waals surface area contributed by atoms with Gasteiger partial charge in [-0.3, -0.25) is 9.59 Å². The third-order valence-corrected chi connectivity index (χ3v) is 4.80. The van der Waals surface area contributed by atoms with Gasteiger partial charge >= 0.3 is 0 Å². The molecule has 2 saturated carbocycles. The average Bonchev–Trinajstić information content (AvgIpc) is 3.50. The van der Waals surface area contributed by atoms with Crippen LogP contribution in [0, 0.1) is 0 Å². The second-order valence-electron chi connectivity index (χ2n) is 7.38. The molecule has 2 fully saturated rings. The van der Waals surface area contributed by atoms with Crippen LogP contribution < -0.4 is 10.9 Å². The van der Waals surface area contributed by atoms with E-state index in [9.17, 15) is 9.59 Å². The van der Waals surface area contributed by atoms with E-state index < -0.39 is 0 Å². The third kappa shape index (κ3) is 3.36. The lowest BCUT2D eigenvalue weighted by Crippen LogP contribution is -2.26. The molecular formula is C18H23N5O2. The Morgan fingerprint density at radius 1 is 1.28 bits per heavy atom. The molecule has 0 bridgehead atoms. The number of aromatic amines is 1. The summed E-state index contributed by atoms with van der Waals surface area (Å²) in [5.41, 5.74) is 0.885. The van der Waals surface area contributed by atoms with Gasteiger partial charge in [-0.05, 0) is 37.7 Å². The Bertz CT molecular complexity index is 859. The van der Waals surface area contributed by atoms with E-state index in [1.807, 2.05) is 13.8 Å². The van der Waals surface area contributed by atoms with Crippen molar-refractivity contribution in [2.24, 2.45) is 0 Å². The molecule has 0 spiro atoms. The smallest absolute Gasteiger partial charge is 0.251 e. The van der Waals surface area contributed by atoms with Crippen LogP contribution in [0.4, 0.5) is 0 Å². The van der Waals surface area contributed by atoms with Gasteiger partial charge in [0.15, 0.2) is 5.82 Å². The first kappa shape index (κ1) is 16.1. The standard InChI is InChI=1S/C18H23N5O2/c1-10(2)14-7-12(8-16(24)20-14)18(25)19-9-15-21-22-17(11-3-4-11)23(15)13-5-6-13/h7-8,10-11,13H,3-6,9H2,1-2H3,(H,19,25)(H,20,24). The molecule has 132 valence electrons. The number of aromatic nitrogens is 4. The molecule has 0 saturated heterocycles. The second kappa shape index (κ2) is 6.13. The lowest BCUT2D eigenvalue weighted by atomic mass is 10.1. The highest BCUT2D eigenvalue weighted by atomic mass is 16.2. The van der Waals surface area contributed by atoms with E-state index in [2.05, 4.69) is 25.1 Å². The SMILES string of the molecule is CC(C)c1cc(C(=O)NCc2nnc(C3CC3)n2C2CC2)cc(=O)[nH]1. The molecule has 7 nitrogen and oxygen atoms in total. The minimum atomic E-state index is -0.258. The predicted octanol–water partition coefficient (Wildman–Crippen LogP) is 2.23. The van der Waals surface area contributed by atoms with Gasteiger partial charge in [-0.2, -0.15) is 0 Å². The van der Waals surface area contributed by atoms with E-state index in [0.717, 1.165) is 30.2 Å². The first-order chi connectivity index (χ1) is 12.0. The molecule has 0 unspecified atom stereocenters. The molecule has 2 aliphatic carbocycles. The van der Waals surface area contributed by atoms with Crippen LogP contribution in [-0.4, -0.2) is 25.7 Å². The van der Waals surface area contributed by atoms with Crippen LogP contribution in [0.25, 0.3) is 0 Å². The van der Waals surface area contributed by atoms with E-state index in [1.165, 1.54) is 18.9 Å². The van der Waals surface area contributed by atoms with Crippen molar-refractivity contribution in [1.29, 1.82) is 0 Å². The summed E-state index contributed by atoms with van der Waals surface area (Å²) in [7, 11) is 0. The predicted molar refractivity (Wildman–Crippen MR) is 92.6 cm³/mol. The highest BCUT2D eigenvalue weighted by molar-refractivity contribution is 5.94. The van der Waals surface area contributed by atoms with Crippen LogP contribution in [0.5, 0.6) is 0 Å². The van der Waals surface area contributed by atoms with Crippen molar-refractivity contribution in [3.63, 3.8) is 0 Å². The monoisotopic (exact) mass is 341 g/mol. The van der Waals surface area contributed by atoms with Gasteiger partial charge in [0.05, 0.1) is 6.54 Å². The van der Waals surface area contributed by atoms with Gasteiger partial charge in [-0.15, -0.1) is 10.2 Å². The molecule has 2 N–H and O–H groups in total. The highest BCUT2D eigenvalue weighted by Crippen LogP contribution is 2.44. The van der Waals surface area contributed by atoms with Crippen molar-refractivity contribution >= 4 is 5.91 Å². The van der Waals surface area contributed by atoms with E-state index >= 15 is 0 Å². The summed E-state index contributed by atoms with van der Waals surface area (Å²) in [4.78, 5) is 27.0. The van der Waals surface area contributed by atoms with Gasteiger partial charge in [0.2, 0.25) is 5.56 Å². The lowest BCUT2D eigenvalue weighted by molar-refractivity contribution is 0.0949. The summed E-state index contributed by atoms with van der Waals surface area (Å²) in [6, 6.07) is 3.56. The zero-order valence-electron chi connectivity index (χ0n) is 14.6. The van der Waals surface area contributed by atoms with E-state index in [4.69, 9.17) is 0 Å². The van der Waals surface area contributed by atoms with Crippen LogP contribution in [-0.2, 0) is 6.54 Å². The number of nitrogens with one attached hydrogen (secondary N) is 2. The summed E-state index contributed by atoms with van der Waals surface area (Å²) in [6.07, 6.45) is 4.68. The zero-order valence-corrected chi connectivity index (χ0v) is 14.6. The summed E-state index contributed by atoms with van der Waals surface area (Å²) >= 11 is 0. The Hall–Kier alpha value is -2.44. The molecule has 2 aromatic heterocycles. The Morgan fingerprint density at radius 2 is 2.04 bits per heavy atom. The molecule has 1 amide bonds. The molecule has 0 atom stereocenters. The van der Waals surface area contributed by atoms with Crippen molar-refractivity contribution in [3.8, 4) is 0 Å². The number of H-pyrrole nitrogens is 1. The molecule has 2 aliphatic rings. The number of carbonyl (C=O) groups excluding carboxylic acids is 1. The Morgan fingerprint density at radius 3 is 2.68 bits per heavy atom. The number of carbonyl (C=O) groups is 1. The average molecular weight is 341 g/mol. The zero-order chi connectivity index (χ0) is 17.6. The van der Waals surface area contributed by atoms with E-state index in [1.54, 1.807) is 6.07 Å². The second-order valence-corrected chi connectivity index (χ2v) is 7.38. The van der Waals surface area contributed by atoms with Crippen LogP contribution in [0.2, 0.25) is 0 Å². The third-order valence-electron chi connectivity index (χ3n) is 4.80. The van der Waals surface area contributed by atoms with Gasteiger partial charge in [-0.25, -0.2) is 0 Å². The molecule has 2 heterocycles. The molecular weight excluding hydrogens is 318 g/mol. The number of nitrogens with zero attached hydrogens (tertiary/aromatic N) is 3. The van der Waals surface area contributed by atoms with Gasteiger partial charge in [0, 0.05) is 29.3 Å². The molecule has 2 aromatic rings. The summed E-state index contributed by atoms with van der Waals surface area (Å²) in [6.45, 7) is 4.29. The first-order valence-electron chi connectivity index (χ1n) is 8.99. The van der Waals surface area contributed by atoms with Crippen molar-refractivity contribution in [2.45, 2.75) is 64.0 Å². The van der Waals surface area contributed by atoms with Gasteiger partial charge < -0.3 is 14.9 Å². The van der Waals surface area contributed by atoms with E-state index in [0.29, 0.717) is 24.1 Å². The molecule has 0 radical (unpaired) electrons. The molecule has 0 aromatic carbocycles. The number of rotatable bonds is 6. The summed E-state index contributed by atoms with van der Waals surface area (Å²) < 4.78 is 2.22. The molecule has 0 aliphatic heterocycles.